The molecule has 4 nitrogen and oxygen atoms in total. The first-order valence-electron chi connectivity index (χ1n) is 4.88. The summed E-state index contributed by atoms with van der Waals surface area (Å²) in [5, 5.41) is 3.18. The lowest BCUT2D eigenvalue weighted by atomic mass is 10.3. The van der Waals surface area contributed by atoms with Gasteiger partial charge < -0.3 is 9.64 Å². The first kappa shape index (κ1) is 11.8. The average Bonchev–Trinajstić information content (AvgIpc) is 2.71. The van der Waals surface area contributed by atoms with Crippen molar-refractivity contribution in [2.24, 2.45) is 0 Å². The Bertz CT molecular complexity index is 184. The van der Waals surface area contributed by atoms with Gasteiger partial charge in [-0.2, -0.15) is 0 Å². The lowest BCUT2D eigenvalue weighted by Crippen LogP contribution is -2.45. The van der Waals surface area contributed by atoms with E-state index in [4.69, 9.17) is 4.74 Å². The molecule has 14 heavy (non-hydrogen) atoms. The van der Waals surface area contributed by atoms with Gasteiger partial charge in [-0.25, -0.2) is 0 Å². The normalized spacial score (nSPS) is 21.1. The van der Waals surface area contributed by atoms with Crippen LogP contribution in [0, 0.1) is 0 Å². The molecule has 0 aromatic rings. The molecule has 1 aliphatic rings. The molecule has 1 heterocycles. The van der Waals surface area contributed by atoms with Crippen molar-refractivity contribution in [3.05, 3.63) is 0 Å². The maximum atomic E-state index is 11.9. The lowest BCUT2D eigenvalue weighted by molar-refractivity contribution is -0.133. The highest BCUT2D eigenvalue weighted by molar-refractivity contribution is 7.99. The van der Waals surface area contributed by atoms with E-state index in [2.05, 4.69) is 5.32 Å². The van der Waals surface area contributed by atoms with E-state index in [1.165, 1.54) is 0 Å². The van der Waals surface area contributed by atoms with Crippen LogP contribution < -0.4 is 5.32 Å². The first-order chi connectivity index (χ1) is 6.79. The summed E-state index contributed by atoms with van der Waals surface area (Å²) >= 11 is 1.77. The molecule has 1 amide bonds. The molecule has 0 aromatic carbocycles. The molecule has 1 saturated heterocycles. The van der Waals surface area contributed by atoms with Gasteiger partial charge in [-0.05, 0) is 6.92 Å². The topological polar surface area (TPSA) is 41.6 Å². The Morgan fingerprint density at radius 1 is 1.71 bits per heavy atom. The van der Waals surface area contributed by atoms with Crippen molar-refractivity contribution in [3.63, 3.8) is 0 Å². The second-order valence-electron chi connectivity index (χ2n) is 3.18. The van der Waals surface area contributed by atoms with Gasteiger partial charge in [0.25, 0.3) is 0 Å². The third-order valence-corrected chi connectivity index (χ3v) is 3.21. The van der Waals surface area contributed by atoms with Gasteiger partial charge >= 0.3 is 0 Å². The number of hydrogen-bond acceptors (Lipinski definition) is 4. The fourth-order valence-electron chi connectivity index (χ4n) is 1.40. The summed E-state index contributed by atoms with van der Waals surface area (Å²) < 4.78 is 4.97. The van der Waals surface area contributed by atoms with Crippen LogP contribution in [-0.2, 0) is 9.53 Å². The second kappa shape index (κ2) is 6.27. The molecule has 0 radical (unpaired) electrons. The summed E-state index contributed by atoms with van der Waals surface area (Å²) in [5.41, 5.74) is 0. The predicted octanol–water partition coefficient (Wildman–Crippen LogP) is 0.144. The highest BCUT2D eigenvalue weighted by Gasteiger charge is 2.26. The molecule has 82 valence electrons. The maximum Gasteiger partial charge on any atom is 0.240 e. The Kier molecular flexibility index (Phi) is 5.29. The van der Waals surface area contributed by atoms with Crippen molar-refractivity contribution in [1.82, 2.24) is 10.2 Å². The van der Waals surface area contributed by atoms with Crippen molar-refractivity contribution in [2.75, 3.05) is 38.4 Å². The number of thioether (sulfide) groups is 1. The predicted molar refractivity (Wildman–Crippen MR) is 58.4 cm³/mol. The van der Waals surface area contributed by atoms with Gasteiger partial charge in [0.2, 0.25) is 5.91 Å². The van der Waals surface area contributed by atoms with Gasteiger partial charge in [-0.15, -0.1) is 11.8 Å². The fraction of sp³-hybridized carbons (Fsp3) is 0.889. The number of nitrogens with one attached hydrogen (secondary N) is 1. The Balaban J connectivity index is 2.37. The van der Waals surface area contributed by atoms with Crippen molar-refractivity contribution in [2.45, 2.75) is 13.0 Å². The second-order valence-corrected chi connectivity index (χ2v) is 4.21. The molecule has 0 spiro atoms. The first-order valence-corrected chi connectivity index (χ1v) is 6.04. The molecule has 1 rings (SSSR count). The standard InChI is InChI=1S/C9H18N2O2S/c1-3-11(4-5-13-2)9(12)8-6-14-7-10-8/h8,10H,3-7H2,1-2H3. The van der Waals surface area contributed by atoms with Crippen molar-refractivity contribution in [1.29, 1.82) is 0 Å². The fourth-order valence-corrected chi connectivity index (χ4v) is 2.33. The Hall–Kier alpha value is -0.260. The number of methoxy groups -OCH3 is 1. The van der Waals surface area contributed by atoms with Gasteiger partial charge in [0.1, 0.15) is 0 Å². The molecule has 1 N–H and O–H groups in total. The van der Waals surface area contributed by atoms with Gasteiger partial charge in [0.15, 0.2) is 0 Å². The van der Waals surface area contributed by atoms with Crippen molar-refractivity contribution < 1.29 is 9.53 Å². The summed E-state index contributed by atoms with van der Waals surface area (Å²) in [4.78, 5) is 13.7. The molecule has 1 atom stereocenters. The molecule has 5 heteroatoms. The van der Waals surface area contributed by atoms with Crippen molar-refractivity contribution in [3.8, 4) is 0 Å². The zero-order chi connectivity index (χ0) is 10.4. The number of hydrogen-bond donors (Lipinski definition) is 1. The summed E-state index contributed by atoms with van der Waals surface area (Å²) in [6, 6.07) is 0.0109. The minimum atomic E-state index is 0.0109. The zero-order valence-electron chi connectivity index (χ0n) is 8.78. The van der Waals surface area contributed by atoms with Crippen LogP contribution in [0.2, 0.25) is 0 Å². The van der Waals surface area contributed by atoms with Crippen LogP contribution in [0.25, 0.3) is 0 Å². The third-order valence-electron chi connectivity index (χ3n) is 2.27. The maximum absolute atomic E-state index is 11.9. The average molecular weight is 218 g/mol. The number of nitrogens with zero attached hydrogens (tertiary/aromatic N) is 1. The summed E-state index contributed by atoms with van der Waals surface area (Å²) in [5.74, 6) is 1.98. The highest BCUT2D eigenvalue weighted by Crippen LogP contribution is 2.11. The van der Waals surface area contributed by atoms with Crippen molar-refractivity contribution >= 4 is 17.7 Å². The van der Waals surface area contributed by atoms with Gasteiger partial charge in [-0.3, -0.25) is 10.1 Å². The Morgan fingerprint density at radius 2 is 2.50 bits per heavy atom. The number of ether oxygens (including phenoxy) is 1. The lowest BCUT2D eigenvalue weighted by Gasteiger charge is -2.23. The van der Waals surface area contributed by atoms with E-state index in [0.29, 0.717) is 13.2 Å². The van der Waals surface area contributed by atoms with Crippen LogP contribution in [0.1, 0.15) is 6.92 Å². The molecule has 1 unspecified atom stereocenters. The van der Waals surface area contributed by atoms with Crippen LogP contribution in [-0.4, -0.2) is 55.3 Å². The minimum absolute atomic E-state index is 0.0109. The SMILES string of the molecule is CCN(CCOC)C(=O)C1CSCN1. The van der Waals surface area contributed by atoms with E-state index in [1.807, 2.05) is 11.8 Å². The van der Waals surface area contributed by atoms with Gasteiger partial charge in [0, 0.05) is 31.8 Å². The van der Waals surface area contributed by atoms with Gasteiger partial charge in [0.05, 0.1) is 12.6 Å². The van der Waals surface area contributed by atoms with E-state index in [9.17, 15) is 4.79 Å². The largest absolute Gasteiger partial charge is 0.383 e. The molecular weight excluding hydrogens is 200 g/mol. The Labute approximate surface area is 89.4 Å². The summed E-state index contributed by atoms with van der Waals surface area (Å²) in [6.07, 6.45) is 0. The number of amides is 1. The smallest absolute Gasteiger partial charge is 0.240 e. The molecule has 0 saturated carbocycles. The molecule has 0 aromatic heterocycles. The number of carbonyl (C=O) groups is 1. The van der Waals surface area contributed by atoms with Crippen LogP contribution in [0.3, 0.4) is 0 Å². The quantitative estimate of drug-likeness (QED) is 0.713. The highest BCUT2D eigenvalue weighted by atomic mass is 32.2. The van der Waals surface area contributed by atoms with Crippen LogP contribution in [0.5, 0.6) is 0 Å². The monoisotopic (exact) mass is 218 g/mol. The van der Waals surface area contributed by atoms with Crippen LogP contribution in [0.4, 0.5) is 0 Å². The third kappa shape index (κ3) is 3.15. The zero-order valence-corrected chi connectivity index (χ0v) is 9.60. The van der Waals surface area contributed by atoms with E-state index in [1.54, 1.807) is 18.9 Å². The number of likely N-dealkylation sites (N-methyl/N-ethyl adjacent to an activating group) is 1. The van der Waals surface area contributed by atoms with Crippen LogP contribution >= 0.6 is 11.8 Å². The number of rotatable bonds is 5. The molecule has 1 aliphatic heterocycles. The molecular formula is C9H18N2O2S. The van der Waals surface area contributed by atoms with Gasteiger partial charge in [-0.1, -0.05) is 0 Å². The molecule has 0 bridgehead atoms. The van der Waals surface area contributed by atoms with E-state index < -0.39 is 0 Å². The summed E-state index contributed by atoms with van der Waals surface area (Å²) in [6.45, 7) is 4.05. The molecule has 0 aliphatic carbocycles. The van der Waals surface area contributed by atoms with E-state index in [0.717, 1.165) is 18.2 Å². The van der Waals surface area contributed by atoms with E-state index in [-0.39, 0.29) is 11.9 Å². The number of carbonyl (C=O) groups excluding carboxylic acids is 1. The summed E-state index contributed by atoms with van der Waals surface area (Å²) in [7, 11) is 1.65. The minimum Gasteiger partial charge on any atom is -0.383 e. The van der Waals surface area contributed by atoms with E-state index >= 15 is 0 Å². The molecule has 1 fully saturated rings. The Morgan fingerprint density at radius 3 is 3.00 bits per heavy atom. The van der Waals surface area contributed by atoms with Crippen LogP contribution in [0.15, 0.2) is 0 Å².